The van der Waals surface area contributed by atoms with E-state index in [0.29, 0.717) is 6.61 Å². The summed E-state index contributed by atoms with van der Waals surface area (Å²) in [7, 11) is 0. The molecule has 0 aliphatic carbocycles. The van der Waals surface area contributed by atoms with Crippen LogP contribution in [0.25, 0.3) is 0 Å². The third kappa shape index (κ3) is 4.09. The van der Waals surface area contributed by atoms with Gasteiger partial charge in [0.1, 0.15) is 12.4 Å². The molecule has 0 atom stereocenters. The maximum atomic E-state index is 11.7. The highest BCUT2D eigenvalue weighted by Crippen LogP contribution is 2.37. The summed E-state index contributed by atoms with van der Waals surface area (Å²) in [6.07, 6.45) is 4.24. The molecule has 0 saturated carbocycles. The number of ether oxygens (including phenoxy) is 1. The lowest BCUT2D eigenvalue weighted by Crippen LogP contribution is -2.44. The zero-order valence-electron chi connectivity index (χ0n) is 15.6. The summed E-state index contributed by atoms with van der Waals surface area (Å²) in [4.78, 5) is 16.0. The minimum absolute atomic E-state index is 0.0927. The monoisotopic (exact) mass is 406 g/mol. The molecule has 0 N–H and O–H groups in total. The molecule has 0 bridgehead atoms. The lowest BCUT2D eigenvalue weighted by Gasteiger charge is -2.37. The molecule has 0 unspecified atom stereocenters. The molecule has 0 saturated heterocycles. The number of halogens is 1. The fourth-order valence-corrected chi connectivity index (χ4v) is 3.89. The number of anilines is 1. The highest BCUT2D eigenvalue weighted by Gasteiger charge is 2.25. The Labute approximate surface area is 159 Å². The second kappa shape index (κ2) is 7.12. The largest absolute Gasteiger partial charge is 0.488 e. The second-order valence-corrected chi connectivity index (χ2v) is 8.70. The van der Waals surface area contributed by atoms with Gasteiger partial charge in [-0.3, -0.25) is 9.69 Å². The van der Waals surface area contributed by atoms with Gasteiger partial charge < -0.3 is 9.64 Å². The van der Waals surface area contributed by atoms with Crippen LogP contribution in [0.15, 0.2) is 28.3 Å². The summed E-state index contributed by atoms with van der Waals surface area (Å²) in [6.45, 7) is 11.8. The summed E-state index contributed by atoms with van der Waals surface area (Å²) in [5.74, 6) is 0.957. The van der Waals surface area contributed by atoms with Crippen molar-refractivity contribution in [3.63, 3.8) is 0 Å². The molecule has 2 heterocycles. The van der Waals surface area contributed by atoms with E-state index in [4.69, 9.17) is 4.74 Å². The van der Waals surface area contributed by atoms with Gasteiger partial charge in [-0.15, -0.1) is 0 Å². The Balaban J connectivity index is 1.65. The minimum Gasteiger partial charge on any atom is -0.488 e. The van der Waals surface area contributed by atoms with Gasteiger partial charge in [0.25, 0.3) is 0 Å². The number of hydrogen-bond donors (Lipinski definition) is 0. The number of fused-ring (bicyclic) bond motifs is 1. The predicted molar refractivity (Wildman–Crippen MR) is 105 cm³/mol. The molecule has 1 aromatic rings. The van der Waals surface area contributed by atoms with Crippen LogP contribution in [0.2, 0.25) is 0 Å². The minimum atomic E-state index is 0.0927. The molecule has 2 aliphatic rings. The van der Waals surface area contributed by atoms with Gasteiger partial charge in [0.05, 0.1) is 4.47 Å². The molecule has 1 amide bonds. The van der Waals surface area contributed by atoms with Gasteiger partial charge in [-0.05, 0) is 72.8 Å². The molecule has 2 aliphatic heterocycles. The first-order valence-corrected chi connectivity index (χ1v) is 9.71. The van der Waals surface area contributed by atoms with Crippen molar-refractivity contribution < 1.29 is 9.53 Å². The fraction of sp³-hybridized carbons (Fsp3) is 0.550. The van der Waals surface area contributed by atoms with Crippen LogP contribution >= 0.6 is 15.9 Å². The fourth-order valence-electron chi connectivity index (χ4n) is 3.45. The average molecular weight is 407 g/mol. The molecular weight excluding hydrogens is 380 g/mol. The highest BCUT2D eigenvalue weighted by molar-refractivity contribution is 9.10. The highest BCUT2D eigenvalue weighted by atomic mass is 79.9. The van der Waals surface area contributed by atoms with Crippen molar-refractivity contribution in [1.82, 2.24) is 4.90 Å². The summed E-state index contributed by atoms with van der Waals surface area (Å²) in [5.41, 5.74) is 3.77. The van der Waals surface area contributed by atoms with E-state index in [-0.39, 0.29) is 11.4 Å². The van der Waals surface area contributed by atoms with Crippen molar-refractivity contribution in [2.75, 3.05) is 31.1 Å². The van der Waals surface area contributed by atoms with Gasteiger partial charge in [-0.1, -0.05) is 6.08 Å². The van der Waals surface area contributed by atoms with Gasteiger partial charge in [0, 0.05) is 37.8 Å². The Morgan fingerprint density at radius 2 is 2.00 bits per heavy atom. The lowest BCUT2D eigenvalue weighted by molar-refractivity contribution is -0.116. The number of carbonyl (C=O) groups excluding carboxylic acids is 1. The van der Waals surface area contributed by atoms with Crippen LogP contribution in [0.3, 0.4) is 0 Å². The van der Waals surface area contributed by atoms with E-state index in [2.05, 4.69) is 53.7 Å². The smallest absolute Gasteiger partial charge is 0.223 e. The summed E-state index contributed by atoms with van der Waals surface area (Å²) in [6, 6.07) is 4.09. The Bertz CT molecular complexity index is 706. The number of rotatable bonds is 3. The molecule has 25 heavy (non-hydrogen) atoms. The number of nitrogens with zero attached hydrogens (tertiary/aromatic N) is 2. The van der Waals surface area contributed by atoms with E-state index < -0.39 is 0 Å². The number of amides is 1. The maximum Gasteiger partial charge on any atom is 0.223 e. The Hall–Kier alpha value is -1.33. The predicted octanol–water partition coefficient (Wildman–Crippen LogP) is 4.17. The number of hydrogen-bond acceptors (Lipinski definition) is 3. The van der Waals surface area contributed by atoms with E-state index >= 15 is 0 Å². The van der Waals surface area contributed by atoms with Crippen LogP contribution in [0.5, 0.6) is 5.75 Å². The van der Waals surface area contributed by atoms with Crippen molar-refractivity contribution in [3.8, 4) is 5.75 Å². The zero-order valence-corrected chi connectivity index (χ0v) is 17.1. The van der Waals surface area contributed by atoms with Crippen LogP contribution in [-0.4, -0.2) is 42.6 Å². The topological polar surface area (TPSA) is 32.8 Å². The SMILES string of the molecule is CC(=O)N1CCc2cc(OCC3=CCN(C(C)(C)C)CC3)c(Br)cc21. The van der Waals surface area contributed by atoms with Gasteiger partial charge >= 0.3 is 0 Å². The van der Waals surface area contributed by atoms with Crippen LogP contribution in [-0.2, 0) is 11.2 Å². The molecule has 0 aromatic heterocycles. The van der Waals surface area contributed by atoms with Gasteiger partial charge in [-0.2, -0.15) is 0 Å². The van der Waals surface area contributed by atoms with Crippen molar-refractivity contribution in [2.24, 2.45) is 0 Å². The molecular formula is C20H27BrN2O2. The molecule has 0 radical (unpaired) electrons. The van der Waals surface area contributed by atoms with Crippen molar-refractivity contribution in [3.05, 3.63) is 33.8 Å². The average Bonchev–Trinajstić information content (AvgIpc) is 2.95. The van der Waals surface area contributed by atoms with E-state index in [9.17, 15) is 4.79 Å². The van der Waals surface area contributed by atoms with Crippen molar-refractivity contribution in [1.29, 1.82) is 0 Å². The second-order valence-electron chi connectivity index (χ2n) is 7.85. The van der Waals surface area contributed by atoms with E-state index in [1.54, 1.807) is 6.92 Å². The molecule has 0 spiro atoms. The summed E-state index contributed by atoms with van der Waals surface area (Å²) >= 11 is 3.60. The molecule has 5 heteroatoms. The van der Waals surface area contributed by atoms with Crippen LogP contribution in [0.4, 0.5) is 5.69 Å². The van der Waals surface area contributed by atoms with E-state index in [0.717, 1.165) is 48.4 Å². The Kier molecular flexibility index (Phi) is 5.26. The number of benzene rings is 1. The van der Waals surface area contributed by atoms with Crippen LogP contribution < -0.4 is 9.64 Å². The third-order valence-corrected chi connectivity index (χ3v) is 5.69. The van der Waals surface area contributed by atoms with Crippen LogP contribution in [0.1, 0.15) is 39.7 Å². The van der Waals surface area contributed by atoms with Gasteiger partial charge in [0.2, 0.25) is 5.91 Å². The normalized spacial score (nSPS) is 18.1. The standard InChI is InChI=1S/C20H27BrN2O2/c1-14(24)23-10-7-16-11-19(17(21)12-18(16)23)25-13-15-5-8-22(9-6-15)20(2,3)4/h5,11-12H,6-10,13H2,1-4H3. The first kappa shape index (κ1) is 18.5. The molecule has 136 valence electrons. The third-order valence-electron chi connectivity index (χ3n) is 5.07. The quantitative estimate of drug-likeness (QED) is 0.706. The first-order chi connectivity index (χ1) is 11.8. The lowest BCUT2D eigenvalue weighted by atomic mass is 10.0. The molecule has 1 aromatic carbocycles. The van der Waals surface area contributed by atoms with Gasteiger partial charge in [0.15, 0.2) is 0 Å². The zero-order chi connectivity index (χ0) is 18.2. The Morgan fingerprint density at radius 1 is 1.24 bits per heavy atom. The molecule has 3 rings (SSSR count). The molecule has 0 fully saturated rings. The van der Waals surface area contributed by atoms with E-state index in [1.807, 2.05) is 11.0 Å². The summed E-state index contributed by atoms with van der Waals surface area (Å²) < 4.78 is 6.99. The first-order valence-electron chi connectivity index (χ1n) is 8.92. The summed E-state index contributed by atoms with van der Waals surface area (Å²) in [5, 5.41) is 0. The maximum absolute atomic E-state index is 11.7. The Morgan fingerprint density at radius 3 is 2.60 bits per heavy atom. The molecule has 4 nitrogen and oxygen atoms in total. The number of carbonyl (C=O) groups is 1. The van der Waals surface area contributed by atoms with Crippen molar-refractivity contribution in [2.45, 2.75) is 46.1 Å². The van der Waals surface area contributed by atoms with Crippen molar-refractivity contribution >= 4 is 27.5 Å². The van der Waals surface area contributed by atoms with E-state index in [1.165, 1.54) is 11.1 Å². The van der Waals surface area contributed by atoms with Crippen LogP contribution in [0, 0.1) is 0 Å². The van der Waals surface area contributed by atoms with Gasteiger partial charge in [-0.25, -0.2) is 0 Å².